The molecule has 1 aromatic carbocycles. The number of nitrogens with zero attached hydrogens (tertiary/aromatic N) is 3. The van der Waals surface area contributed by atoms with E-state index in [9.17, 15) is 9.59 Å². The van der Waals surface area contributed by atoms with Gasteiger partial charge < -0.3 is 9.47 Å². The maximum atomic E-state index is 13.2. The van der Waals surface area contributed by atoms with E-state index >= 15 is 0 Å². The van der Waals surface area contributed by atoms with E-state index in [1.54, 1.807) is 17.0 Å². The number of aromatic nitrogens is 1. The molecule has 0 unspecified atom stereocenters. The van der Waals surface area contributed by atoms with Crippen LogP contribution in [0.2, 0.25) is 0 Å². The van der Waals surface area contributed by atoms with E-state index in [4.69, 9.17) is 14.5 Å². The van der Waals surface area contributed by atoms with Crippen LogP contribution in [0.5, 0.6) is 0 Å². The molecule has 4 rings (SSSR count). The molecule has 0 aliphatic carbocycles. The summed E-state index contributed by atoms with van der Waals surface area (Å²) in [7, 11) is 1.36. The van der Waals surface area contributed by atoms with E-state index in [0.29, 0.717) is 22.1 Å². The van der Waals surface area contributed by atoms with Gasteiger partial charge in [-0.15, -0.1) is 22.7 Å². The molecule has 32 heavy (non-hydrogen) atoms. The summed E-state index contributed by atoms with van der Waals surface area (Å²) in [6.07, 6.45) is 0.861. The Morgan fingerprint density at radius 1 is 1.16 bits per heavy atom. The fraction of sp³-hybridized carbons (Fsp3) is 0.348. The average Bonchev–Trinajstić information content (AvgIpc) is 3.55. The van der Waals surface area contributed by atoms with Crippen molar-refractivity contribution in [3.8, 4) is 11.3 Å². The summed E-state index contributed by atoms with van der Waals surface area (Å²) in [5.41, 5.74) is 2.15. The van der Waals surface area contributed by atoms with Gasteiger partial charge in [-0.05, 0) is 30.0 Å². The molecule has 0 N–H and O–H groups in total. The number of ether oxygens (including phenoxy) is 2. The first-order valence-corrected chi connectivity index (χ1v) is 12.2. The standard InChI is InChI=1S/C23H25N3O4S2/c1-29-22(28)18-7-5-17(6-8-18)19-16-32-23(24-19)26(21(27)20-4-2-15-31-20)10-3-9-25-11-13-30-14-12-25/h2,4-8,15-16H,3,9-14H2,1H3. The fourth-order valence-electron chi connectivity index (χ4n) is 3.51. The van der Waals surface area contributed by atoms with Gasteiger partial charge in [-0.3, -0.25) is 14.6 Å². The molecule has 0 bridgehead atoms. The number of carbonyl (C=O) groups is 2. The Labute approximate surface area is 195 Å². The molecule has 0 spiro atoms. The van der Waals surface area contributed by atoms with Gasteiger partial charge in [0.05, 0.1) is 36.5 Å². The van der Waals surface area contributed by atoms with Gasteiger partial charge in [0.15, 0.2) is 5.13 Å². The topological polar surface area (TPSA) is 72.0 Å². The van der Waals surface area contributed by atoms with Gasteiger partial charge in [0.1, 0.15) is 0 Å². The zero-order valence-corrected chi connectivity index (χ0v) is 19.5. The Hall–Kier alpha value is -2.59. The second-order valence-corrected chi connectivity index (χ2v) is 9.11. The van der Waals surface area contributed by atoms with Crippen molar-refractivity contribution < 1.29 is 19.1 Å². The van der Waals surface area contributed by atoms with Gasteiger partial charge in [-0.25, -0.2) is 9.78 Å². The molecule has 1 aliphatic heterocycles. The van der Waals surface area contributed by atoms with Crippen LogP contribution in [0.1, 0.15) is 26.5 Å². The molecule has 1 amide bonds. The van der Waals surface area contributed by atoms with Crippen molar-refractivity contribution in [2.45, 2.75) is 6.42 Å². The lowest BCUT2D eigenvalue weighted by Crippen LogP contribution is -2.39. The summed E-state index contributed by atoms with van der Waals surface area (Å²) >= 11 is 2.89. The highest BCUT2D eigenvalue weighted by Gasteiger charge is 2.22. The van der Waals surface area contributed by atoms with Crippen molar-refractivity contribution in [2.24, 2.45) is 0 Å². The molecule has 1 saturated heterocycles. The smallest absolute Gasteiger partial charge is 0.337 e. The molecule has 2 aromatic heterocycles. The lowest BCUT2D eigenvalue weighted by Gasteiger charge is -2.27. The van der Waals surface area contributed by atoms with Crippen LogP contribution in [0.4, 0.5) is 5.13 Å². The predicted molar refractivity (Wildman–Crippen MR) is 127 cm³/mol. The Morgan fingerprint density at radius 2 is 1.94 bits per heavy atom. The van der Waals surface area contributed by atoms with Crippen LogP contribution in [0.15, 0.2) is 47.2 Å². The quantitative estimate of drug-likeness (QED) is 0.462. The van der Waals surface area contributed by atoms with Crippen LogP contribution >= 0.6 is 22.7 Å². The number of methoxy groups -OCH3 is 1. The number of carbonyl (C=O) groups excluding carboxylic acids is 2. The molecule has 0 saturated carbocycles. The molecular formula is C23H25N3O4S2. The number of benzene rings is 1. The second-order valence-electron chi connectivity index (χ2n) is 7.33. The molecule has 0 atom stereocenters. The largest absolute Gasteiger partial charge is 0.465 e. The first kappa shape index (κ1) is 22.6. The minimum Gasteiger partial charge on any atom is -0.465 e. The van der Waals surface area contributed by atoms with E-state index in [-0.39, 0.29) is 11.9 Å². The minimum atomic E-state index is -0.372. The molecule has 168 valence electrons. The number of morpholine rings is 1. The van der Waals surface area contributed by atoms with Crippen molar-refractivity contribution in [2.75, 3.05) is 51.4 Å². The third kappa shape index (κ3) is 5.42. The number of rotatable bonds is 8. The number of amides is 1. The van der Waals surface area contributed by atoms with E-state index in [1.165, 1.54) is 29.8 Å². The van der Waals surface area contributed by atoms with E-state index < -0.39 is 0 Å². The van der Waals surface area contributed by atoms with Crippen molar-refractivity contribution in [1.82, 2.24) is 9.88 Å². The number of thiophene rings is 1. The van der Waals surface area contributed by atoms with Crippen LogP contribution in [0, 0.1) is 0 Å². The molecule has 1 fully saturated rings. The summed E-state index contributed by atoms with van der Waals surface area (Å²) in [6.45, 7) is 4.92. The second kappa shape index (κ2) is 10.8. The molecule has 1 aliphatic rings. The highest BCUT2D eigenvalue weighted by molar-refractivity contribution is 7.14. The predicted octanol–water partition coefficient (Wildman–Crippen LogP) is 4.03. The molecule has 7 nitrogen and oxygen atoms in total. The summed E-state index contributed by atoms with van der Waals surface area (Å²) in [5, 5.41) is 4.53. The van der Waals surface area contributed by atoms with Crippen LogP contribution in [0.25, 0.3) is 11.3 Å². The summed E-state index contributed by atoms with van der Waals surface area (Å²) in [4.78, 5) is 34.5. The first-order valence-electron chi connectivity index (χ1n) is 10.5. The van der Waals surface area contributed by atoms with Crippen molar-refractivity contribution in [3.05, 3.63) is 57.6 Å². The average molecular weight is 472 g/mol. The SMILES string of the molecule is COC(=O)c1ccc(-c2csc(N(CCCN3CCOCC3)C(=O)c3cccs3)n2)cc1. The monoisotopic (exact) mass is 471 g/mol. The van der Waals surface area contributed by atoms with Crippen molar-refractivity contribution in [3.63, 3.8) is 0 Å². The number of hydrogen-bond acceptors (Lipinski definition) is 8. The van der Waals surface area contributed by atoms with E-state index in [1.807, 2.05) is 35.0 Å². The van der Waals surface area contributed by atoms with Crippen LogP contribution in [-0.2, 0) is 9.47 Å². The first-order chi connectivity index (χ1) is 15.7. The Bertz CT molecular complexity index is 1030. The van der Waals surface area contributed by atoms with E-state index in [2.05, 4.69) is 4.90 Å². The number of thiazole rings is 1. The fourth-order valence-corrected chi connectivity index (χ4v) is 5.04. The Kier molecular flexibility index (Phi) is 7.64. The molecule has 0 radical (unpaired) electrons. The number of anilines is 1. The van der Waals surface area contributed by atoms with Gasteiger partial charge in [0.2, 0.25) is 0 Å². The lowest BCUT2D eigenvalue weighted by atomic mass is 10.1. The Balaban J connectivity index is 1.49. The normalized spacial score (nSPS) is 14.3. The Morgan fingerprint density at radius 3 is 2.62 bits per heavy atom. The van der Waals surface area contributed by atoms with Gasteiger partial charge in [0.25, 0.3) is 5.91 Å². The van der Waals surface area contributed by atoms with Crippen molar-refractivity contribution >= 4 is 39.7 Å². The third-order valence-electron chi connectivity index (χ3n) is 5.26. The summed E-state index contributed by atoms with van der Waals surface area (Å²) < 4.78 is 10.2. The van der Waals surface area contributed by atoms with E-state index in [0.717, 1.165) is 50.5 Å². The van der Waals surface area contributed by atoms with Crippen LogP contribution in [-0.4, -0.2) is 68.3 Å². The maximum absolute atomic E-state index is 13.2. The molecule has 3 aromatic rings. The minimum absolute atomic E-state index is 0.0242. The number of hydrogen-bond donors (Lipinski definition) is 0. The zero-order chi connectivity index (χ0) is 22.3. The van der Waals surface area contributed by atoms with Crippen LogP contribution < -0.4 is 4.90 Å². The van der Waals surface area contributed by atoms with Gasteiger partial charge in [0, 0.05) is 37.1 Å². The molecule has 9 heteroatoms. The zero-order valence-electron chi connectivity index (χ0n) is 17.9. The molecular weight excluding hydrogens is 446 g/mol. The highest BCUT2D eigenvalue weighted by Crippen LogP contribution is 2.29. The lowest BCUT2D eigenvalue weighted by molar-refractivity contribution is 0.0376. The van der Waals surface area contributed by atoms with Gasteiger partial charge in [-0.1, -0.05) is 18.2 Å². The third-order valence-corrected chi connectivity index (χ3v) is 6.98. The van der Waals surface area contributed by atoms with Gasteiger partial charge >= 0.3 is 5.97 Å². The highest BCUT2D eigenvalue weighted by atomic mass is 32.1. The summed E-state index contributed by atoms with van der Waals surface area (Å²) in [5.74, 6) is -0.396. The van der Waals surface area contributed by atoms with Crippen molar-refractivity contribution in [1.29, 1.82) is 0 Å². The van der Waals surface area contributed by atoms with Crippen LogP contribution in [0.3, 0.4) is 0 Å². The molecule has 3 heterocycles. The maximum Gasteiger partial charge on any atom is 0.337 e. The summed E-state index contributed by atoms with van der Waals surface area (Å²) in [6, 6.07) is 10.9. The van der Waals surface area contributed by atoms with Gasteiger partial charge in [-0.2, -0.15) is 0 Å². The number of esters is 1.